The summed E-state index contributed by atoms with van der Waals surface area (Å²) in [5.41, 5.74) is 0.165. The highest BCUT2D eigenvalue weighted by atomic mass is 32.1. The Morgan fingerprint density at radius 3 is 2.63 bits per heavy atom. The van der Waals surface area contributed by atoms with Crippen molar-refractivity contribution >= 4 is 39.3 Å². The van der Waals surface area contributed by atoms with Crippen LogP contribution in [0.3, 0.4) is 0 Å². The summed E-state index contributed by atoms with van der Waals surface area (Å²) in [4.78, 5) is 45.2. The number of esters is 1. The lowest BCUT2D eigenvalue weighted by molar-refractivity contribution is 0.0554. The van der Waals surface area contributed by atoms with Crippen molar-refractivity contribution < 1.29 is 27.5 Å². The molecule has 7 nitrogen and oxygen atoms in total. The van der Waals surface area contributed by atoms with Crippen LogP contribution in [0.4, 0.5) is 13.9 Å². The number of thiazole rings is 1. The Bertz CT molecular complexity index is 1580. The SMILES string of the molecule is C=CCOC(=O)c1sc(N2C(=O)c3oc4ccc(F)cc4c(=O)c3[C@@H]2c2ccc(F)cc2)nc1C. The van der Waals surface area contributed by atoms with Crippen molar-refractivity contribution in [3.05, 3.63) is 104 Å². The number of aromatic nitrogens is 1. The van der Waals surface area contributed by atoms with Gasteiger partial charge in [-0.3, -0.25) is 14.5 Å². The minimum atomic E-state index is -1.04. The molecule has 0 radical (unpaired) electrons. The molecule has 1 amide bonds. The van der Waals surface area contributed by atoms with Gasteiger partial charge in [-0.05, 0) is 42.8 Å². The van der Waals surface area contributed by atoms with E-state index < -0.39 is 35.0 Å². The number of ether oxygens (including phenoxy) is 1. The van der Waals surface area contributed by atoms with E-state index in [1.54, 1.807) is 6.92 Å². The zero-order valence-electron chi connectivity index (χ0n) is 18.2. The number of halogens is 2. The first-order chi connectivity index (χ1) is 16.8. The molecule has 0 bridgehead atoms. The average Bonchev–Trinajstić information content (AvgIpc) is 3.36. The van der Waals surface area contributed by atoms with Gasteiger partial charge in [-0.25, -0.2) is 18.6 Å². The van der Waals surface area contributed by atoms with Gasteiger partial charge in [0.15, 0.2) is 10.6 Å². The first-order valence-electron chi connectivity index (χ1n) is 10.4. The molecule has 0 saturated carbocycles. The van der Waals surface area contributed by atoms with Crippen molar-refractivity contribution in [1.29, 1.82) is 0 Å². The van der Waals surface area contributed by atoms with E-state index in [0.29, 0.717) is 11.3 Å². The van der Waals surface area contributed by atoms with Crippen LogP contribution in [0.15, 0.2) is 64.3 Å². The van der Waals surface area contributed by atoms with Crippen LogP contribution in [-0.2, 0) is 4.74 Å². The number of carbonyl (C=O) groups is 2. The largest absolute Gasteiger partial charge is 0.457 e. The molecule has 5 rings (SSSR count). The van der Waals surface area contributed by atoms with Crippen molar-refractivity contribution in [1.82, 2.24) is 4.98 Å². The van der Waals surface area contributed by atoms with E-state index in [2.05, 4.69) is 11.6 Å². The van der Waals surface area contributed by atoms with Crippen LogP contribution < -0.4 is 10.3 Å². The van der Waals surface area contributed by atoms with Crippen LogP contribution in [0.5, 0.6) is 0 Å². The lowest BCUT2D eigenvalue weighted by Gasteiger charge is -2.22. The van der Waals surface area contributed by atoms with Gasteiger partial charge in [0.2, 0.25) is 5.76 Å². The number of nitrogens with zero attached hydrogens (tertiary/aromatic N) is 2. The monoisotopic (exact) mass is 494 g/mol. The first kappa shape index (κ1) is 22.6. The third-order valence-corrected chi connectivity index (χ3v) is 6.66. The third-order valence-electron chi connectivity index (χ3n) is 5.53. The fourth-order valence-corrected chi connectivity index (χ4v) is 4.97. The van der Waals surface area contributed by atoms with Gasteiger partial charge in [0.25, 0.3) is 5.91 Å². The van der Waals surface area contributed by atoms with Crippen molar-refractivity contribution in [3.63, 3.8) is 0 Å². The molecule has 0 N–H and O–H groups in total. The molecule has 0 unspecified atom stereocenters. The zero-order valence-corrected chi connectivity index (χ0v) is 19.0. The molecule has 176 valence electrons. The molecule has 1 atom stereocenters. The second-order valence-electron chi connectivity index (χ2n) is 7.74. The molecule has 0 saturated heterocycles. The Morgan fingerprint density at radius 1 is 1.20 bits per heavy atom. The maximum Gasteiger partial charge on any atom is 0.350 e. The van der Waals surface area contributed by atoms with Crippen LogP contribution in [0, 0.1) is 18.6 Å². The van der Waals surface area contributed by atoms with Crippen molar-refractivity contribution in [3.8, 4) is 0 Å². The predicted octanol–water partition coefficient (Wildman–Crippen LogP) is 4.93. The Hall–Kier alpha value is -4.18. The summed E-state index contributed by atoms with van der Waals surface area (Å²) in [6.07, 6.45) is 1.42. The lowest BCUT2D eigenvalue weighted by Crippen LogP contribution is -2.29. The van der Waals surface area contributed by atoms with E-state index in [1.165, 1.54) is 41.3 Å². The average molecular weight is 494 g/mol. The lowest BCUT2D eigenvalue weighted by atomic mass is 9.98. The quantitative estimate of drug-likeness (QED) is 0.289. The third kappa shape index (κ3) is 3.71. The highest BCUT2D eigenvalue weighted by Crippen LogP contribution is 2.43. The molecule has 35 heavy (non-hydrogen) atoms. The number of hydrogen-bond donors (Lipinski definition) is 0. The molecule has 0 fully saturated rings. The smallest absolute Gasteiger partial charge is 0.350 e. The number of hydrogen-bond acceptors (Lipinski definition) is 7. The van der Waals surface area contributed by atoms with Gasteiger partial charge in [-0.15, -0.1) is 0 Å². The van der Waals surface area contributed by atoms with Crippen LogP contribution in [0.2, 0.25) is 0 Å². The maximum absolute atomic E-state index is 13.9. The number of rotatable bonds is 5. The fourth-order valence-electron chi connectivity index (χ4n) is 3.98. The Labute approximate surface area is 200 Å². The van der Waals surface area contributed by atoms with E-state index in [-0.39, 0.29) is 38.9 Å². The molecule has 1 aliphatic rings. The van der Waals surface area contributed by atoms with Crippen molar-refractivity contribution in [2.75, 3.05) is 11.5 Å². The number of benzene rings is 2. The normalized spacial score (nSPS) is 14.9. The minimum Gasteiger partial charge on any atom is -0.457 e. The Morgan fingerprint density at radius 2 is 1.91 bits per heavy atom. The van der Waals surface area contributed by atoms with Crippen LogP contribution >= 0.6 is 11.3 Å². The van der Waals surface area contributed by atoms with Gasteiger partial charge < -0.3 is 9.15 Å². The molecular formula is C25H16F2N2O5S. The highest BCUT2D eigenvalue weighted by molar-refractivity contribution is 7.17. The van der Waals surface area contributed by atoms with Gasteiger partial charge >= 0.3 is 5.97 Å². The molecular weight excluding hydrogens is 478 g/mol. The summed E-state index contributed by atoms with van der Waals surface area (Å²) in [5.74, 6) is -2.68. The summed E-state index contributed by atoms with van der Waals surface area (Å²) >= 11 is 0.911. The second kappa shape index (κ2) is 8.55. The van der Waals surface area contributed by atoms with Crippen LogP contribution in [0.25, 0.3) is 11.0 Å². The van der Waals surface area contributed by atoms with E-state index in [1.807, 2.05) is 0 Å². The van der Waals surface area contributed by atoms with Crippen LogP contribution in [0.1, 0.15) is 43.1 Å². The van der Waals surface area contributed by atoms with Crippen molar-refractivity contribution in [2.45, 2.75) is 13.0 Å². The zero-order chi connectivity index (χ0) is 24.9. The maximum atomic E-state index is 13.9. The fraction of sp³-hybridized carbons (Fsp3) is 0.120. The summed E-state index contributed by atoms with van der Waals surface area (Å²) < 4.78 is 38.4. The molecule has 3 heterocycles. The summed E-state index contributed by atoms with van der Waals surface area (Å²) in [6.45, 7) is 5.09. The topological polar surface area (TPSA) is 89.7 Å². The van der Waals surface area contributed by atoms with Gasteiger partial charge in [0.1, 0.15) is 28.7 Å². The van der Waals surface area contributed by atoms with Gasteiger partial charge in [-0.2, -0.15) is 0 Å². The molecule has 0 spiro atoms. The standard InChI is InChI=1S/C25H16F2N2O5S/c1-3-10-33-24(32)22-12(2)28-25(35-22)29-19(13-4-6-14(26)7-5-13)18-20(30)16-11-15(27)8-9-17(16)34-21(18)23(29)31/h3-9,11,19H,1,10H2,2H3/t19-/m0/s1. The molecule has 10 heteroatoms. The van der Waals surface area contributed by atoms with E-state index in [4.69, 9.17) is 9.15 Å². The molecule has 4 aromatic rings. The highest BCUT2D eigenvalue weighted by Gasteiger charge is 2.45. The Balaban J connectivity index is 1.72. The predicted molar refractivity (Wildman–Crippen MR) is 125 cm³/mol. The number of carbonyl (C=O) groups excluding carboxylic acids is 2. The van der Waals surface area contributed by atoms with Crippen molar-refractivity contribution in [2.24, 2.45) is 0 Å². The number of fused-ring (bicyclic) bond motifs is 2. The van der Waals surface area contributed by atoms with Gasteiger partial charge in [-0.1, -0.05) is 36.1 Å². The Kier molecular flexibility index (Phi) is 5.52. The molecule has 2 aromatic heterocycles. The van der Waals surface area contributed by atoms with Gasteiger partial charge in [0.05, 0.1) is 22.7 Å². The van der Waals surface area contributed by atoms with E-state index in [9.17, 15) is 23.2 Å². The summed E-state index contributed by atoms with van der Waals surface area (Å²) in [7, 11) is 0. The van der Waals surface area contributed by atoms with E-state index in [0.717, 1.165) is 23.5 Å². The second-order valence-corrected chi connectivity index (χ2v) is 8.72. The number of anilines is 1. The van der Waals surface area contributed by atoms with E-state index >= 15 is 0 Å². The molecule has 1 aliphatic heterocycles. The van der Waals surface area contributed by atoms with Crippen LogP contribution in [-0.4, -0.2) is 23.5 Å². The number of amides is 1. The summed E-state index contributed by atoms with van der Waals surface area (Å²) in [5, 5.41) is 0.0861. The molecule has 0 aliphatic carbocycles. The minimum absolute atomic E-state index is 0.000627. The molecule has 2 aromatic carbocycles. The first-order valence-corrected chi connectivity index (χ1v) is 11.2. The number of aryl methyl sites for hydroxylation is 1. The van der Waals surface area contributed by atoms with Gasteiger partial charge in [0, 0.05) is 0 Å². The summed E-state index contributed by atoms with van der Waals surface area (Å²) in [6, 6.07) is 7.66.